The summed E-state index contributed by atoms with van der Waals surface area (Å²) >= 11 is 0. The molecular weight excluding hydrogens is 272 g/mol. The Morgan fingerprint density at radius 2 is 1.65 bits per heavy atom. The monoisotopic (exact) mass is 298 g/mol. The van der Waals surface area contributed by atoms with Crippen molar-refractivity contribution in [1.29, 1.82) is 0 Å². The SMILES string of the molecule is Cl.O=C(N[C@H]1CCCNC1)C12CC3CC(CC(C3)C1)C2. The zero-order valence-electron chi connectivity index (χ0n) is 12.2. The normalized spacial score (nSPS) is 45.8. The predicted molar refractivity (Wildman–Crippen MR) is 81.9 cm³/mol. The van der Waals surface area contributed by atoms with E-state index in [9.17, 15) is 4.79 Å². The molecule has 2 N–H and O–H groups in total. The standard InChI is InChI=1S/C16H26N2O.ClH/c19-15(18-14-2-1-3-17-10-14)16-7-11-4-12(8-16)6-13(5-11)9-16;/h11-14,17H,1-10H2,(H,18,19);1H/t11?,12?,13?,14-,16?;/m0./s1. The van der Waals surface area contributed by atoms with E-state index in [-0.39, 0.29) is 17.8 Å². The molecule has 5 rings (SSSR count). The maximum atomic E-state index is 12.8. The van der Waals surface area contributed by atoms with Crippen molar-refractivity contribution in [3.8, 4) is 0 Å². The van der Waals surface area contributed by atoms with Crippen LogP contribution in [0.25, 0.3) is 0 Å². The van der Waals surface area contributed by atoms with E-state index in [1.54, 1.807) is 0 Å². The van der Waals surface area contributed by atoms with Crippen LogP contribution in [0.3, 0.4) is 0 Å². The van der Waals surface area contributed by atoms with Crippen LogP contribution >= 0.6 is 12.4 Å². The summed E-state index contributed by atoms with van der Waals surface area (Å²) < 4.78 is 0. The van der Waals surface area contributed by atoms with Crippen molar-refractivity contribution in [3.05, 3.63) is 0 Å². The van der Waals surface area contributed by atoms with Gasteiger partial charge in [-0.15, -0.1) is 12.4 Å². The highest BCUT2D eigenvalue weighted by Gasteiger charge is 2.54. The second kappa shape index (κ2) is 5.49. The van der Waals surface area contributed by atoms with Crippen molar-refractivity contribution in [1.82, 2.24) is 10.6 Å². The third-order valence-corrected chi connectivity index (χ3v) is 6.15. The van der Waals surface area contributed by atoms with Gasteiger partial charge in [-0.25, -0.2) is 0 Å². The summed E-state index contributed by atoms with van der Waals surface area (Å²) in [7, 11) is 0. The number of hydrogen-bond acceptors (Lipinski definition) is 2. The molecule has 1 heterocycles. The summed E-state index contributed by atoms with van der Waals surface area (Å²) in [6, 6.07) is 0.384. The van der Waals surface area contributed by atoms with Crippen LogP contribution in [0.1, 0.15) is 51.4 Å². The number of nitrogens with one attached hydrogen (secondary N) is 2. The van der Waals surface area contributed by atoms with Crippen LogP contribution < -0.4 is 10.6 Å². The van der Waals surface area contributed by atoms with E-state index in [4.69, 9.17) is 0 Å². The van der Waals surface area contributed by atoms with E-state index in [1.807, 2.05) is 0 Å². The first-order chi connectivity index (χ1) is 9.23. The molecule has 0 unspecified atom stereocenters. The minimum absolute atomic E-state index is 0. The summed E-state index contributed by atoms with van der Waals surface area (Å²) in [5.41, 5.74) is 0.0339. The zero-order valence-corrected chi connectivity index (χ0v) is 13.0. The Balaban J connectivity index is 0.00000121. The molecule has 1 amide bonds. The maximum absolute atomic E-state index is 12.8. The lowest BCUT2D eigenvalue weighted by molar-refractivity contribution is -0.147. The van der Waals surface area contributed by atoms with Crippen molar-refractivity contribution >= 4 is 18.3 Å². The molecule has 20 heavy (non-hydrogen) atoms. The molecule has 114 valence electrons. The predicted octanol–water partition coefficient (Wildman–Crippen LogP) is 2.49. The van der Waals surface area contributed by atoms with Crippen LogP contribution in [-0.2, 0) is 4.79 Å². The Labute approximate surface area is 128 Å². The van der Waals surface area contributed by atoms with E-state index >= 15 is 0 Å². The maximum Gasteiger partial charge on any atom is 0.226 e. The van der Waals surface area contributed by atoms with Gasteiger partial charge in [-0.1, -0.05) is 0 Å². The van der Waals surface area contributed by atoms with Gasteiger partial charge in [0.1, 0.15) is 0 Å². The van der Waals surface area contributed by atoms with Crippen molar-refractivity contribution in [2.45, 2.75) is 57.4 Å². The Morgan fingerprint density at radius 3 is 2.15 bits per heavy atom. The molecule has 5 aliphatic rings. The Bertz CT molecular complexity index is 343. The summed E-state index contributed by atoms with van der Waals surface area (Å²) in [5, 5.41) is 6.77. The molecule has 0 spiro atoms. The van der Waals surface area contributed by atoms with Crippen molar-refractivity contribution in [2.24, 2.45) is 23.2 Å². The fraction of sp³-hybridized carbons (Fsp3) is 0.938. The smallest absolute Gasteiger partial charge is 0.226 e. The number of rotatable bonds is 2. The second-order valence-electron chi connectivity index (χ2n) is 7.71. The fourth-order valence-electron chi connectivity index (χ4n) is 5.70. The molecule has 0 aromatic rings. The number of amides is 1. The highest BCUT2D eigenvalue weighted by molar-refractivity contribution is 5.85. The third kappa shape index (κ3) is 2.48. The lowest BCUT2D eigenvalue weighted by atomic mass is 9.49. The molecule has 1 saturated heterocycles. The average Bonchev–Trinajstić information content (AvgIpc) is 2.38. The Morgan fingerprint density at radius 1 is 1.05 bits per heavy atom. The fourth-order valence-corrected chi connectivity index (χ4v) is 5.70. The summed E-state index contributed by atoms with van der Waals surface area (Å²) in [5.74, 6) is 2.99. The van der Waals surface area contributed by atoms with Crippen molar-refractivity contribution in [3.63, 3.8) is 0 Å². The number of piperidine rings is 1. The molecule has 1 atom stereocenters. The molecular formula is C16H27ClN2O. The van der Waals surface area contributed by atoms with Gasteiger partial charge in [-0.2, -0.15) is 0 Å². The first-order valence-corrected chi connectivity index (χ1v) is 8.25. The summed E-state index contributed by atoms with van der Waals surface area (Å²) in [6.07, 6.45) is 10.2. The minimum Gasteiger partial charge on any atom is -0.352 e. The average molecular weight is 299 g/mol. The number of hydrogen-bond donors (Lipinski definition) is 2. The van der Waals surface area contributed by atoms with Gasteiger partial charge < -0.3 is 10.6 Å². The van der Waals surface area contributed by atoms with E-state index in [1.165, 1.54) is 44.9 Å². The van der Waals surface area contributed by atoms with Crippen LogP contribution in [0.15, 0.2) is 0 Å². The van der Waals surface area contributed by atoms with Gasteiger partial charge in [0.25, 0.3) is 0 Å². The van der Waals surface area contributed by atoms with Gasteiger partial charge in [0.05, 0.1) is 0 Å². The van der Waals surface area contributed by atoms with E-state index in [0.29, 0.717) is 11.9 Å². The van der Waals surface area contributed by atoms with Crippen molar-refractivity contribution in [2.75, 3.05) is 13.1 Å². The van der Waals surface area contributed by atoms with Crippen LogP contribution in [-0.4, -0.2) is 25.0 Å². The summed E-state index contributed by atoms with van der Waals surface area (Å²) in [6.45, 7) is 2.09. The molecule has 0 aromatic heterocycles. The topological polar surface area (TPSA) is 41.1 Å². The number of carbonyl (C=O) groups excluding carboxylic acids is 1. The largest absolute Gasteiger partial charge is 0.352 e. The molecule has 4 heteroatoms. The molecule has 0 aromatic carbocycles. The highest BCUT2D eigenvalue weighted by Crippen LogP contribution is 2.60. The molecule has 4 saturated carbocycles. The first-order valence-electron chi connectivity index (χ1n) is 8.25. The Hall–Kier alpha value is -0.280. The minimum atomic E-state index is 0. The van der Waals surface area contributed by atoms with Gasteiger partial charge in [0.2, 0.25) is 5.91 Å². The van der Waals surface area contributed by atoms with Gasteiger partial charge in [0, 0.05) is 18.0 Å². The number of halogens is 1. The summed E-state index contributed by atoms with van der Waals surface area (Å²) in [4.78, 5) is 12.8. The van der Waals surface area contributed by atoms with Crippen LogP contribution in [0.4, 0.5) is 0 Å². The van der Waals surface area contributed by atoms with Gasteiger partial charge in [0.15, 0.2) is 0 Å². The highest BCUT2D eigenvalue weighted by atomic mass is 35.5. The van der Waals surface area contributed by atoms with Crippen LogP contribution in [0.5, 0.6) is 0 Å². The van der Waals surface area contributed by atoms with E-state index in [0.717, 1.165) is 37.3 Å². The number of carbonyl (C=O) groups is 1. The van der Waals surface area contributed by atoms with Gasteiger partial charge >= 0.3 is 0 Å². The lowest BCUT2D eigenvalue weighted by Crippen LogP contribution is -2.57. The van der Waals surface area contributed by atoms with Crippen LogP contribution in [0.2, 0.25) is 0 Å². The Kier molecular flexibility index (Phi) is 4.02. The van der Waals surface area contributed by atoms with Gasteiger partial charge in [-0.3, -0.25) is 4.79 Å². The van der Waals surface area contributed by atoms with E-state index in [2.05, 4.69) is 10.6 Å². The molecule has 1 aliphatic heterocycles. The zero-order chi connectivity index (χ0) is 12.9. The molecule has 5 fully saturated rings. The van der Waals surface area contributed by atoms with Crippen LogP contribution in [0, 0.1) is 23.2 Å². The third-order valence-electron chi connectivity index (χ3n) is 6.15. The lowest BCUT2D eigenvalue weighted by Gasteiger charge is -2.56. The first kappa shape index (κ1) is 14.6. The van der Waals surface area contributed by atoms with Gasteiger partial charge in [-0.05, 0) is 75.7 Å². The molecule has 4 bridgehead atoms. The van der Waals surface area contributed by atoms with Crippen molar-refractivity contribution < 1.29 is 4.79 Å². The quantitative estimate of drug-likeness (QED) is 0.822. The molecule has 3 nitrogen and oxygen atoms in total. The molecule has 4 aliphatic carbocycles. The second-order valence-corrected chi connectivity index (χ2v) is 7.71. The molecule has 0 radical (unpaired) electrons. The van der Waals surface area contributed by atoms with E-state index < -0.39 is 0 Å².